The SMILES string of the molecule is Cc1nc(COc2ccccc2C(=O)NCC(c2ccc(C(F)(F)F)cc2)N2CCOCC2)no1. The van der Waals surface area contributed by atoms with Gasteiger partial charge in [0.25, 0.3) is 5.91 Å². The lowest BCUT2D eigenvalue weighted by molar-refractivity contribution is -0.137. The van der Waals surface area contributed by atoms with Gasteiger partial charge in [-0.05, 0) is 29.8 Å². The Bertz CT molecular complexity index is 1130. The van der Waals surface area contributed by atoms with Crippen LogP contribution < -0.4 is 10.1 Å². The Morgan fingerprint density at radius 2 is 1.86 bits per heavy atom. The van der Waals surface area contributed by atoms with E-state index in [9.17, 15) is 18.0 Å². The number of alkyl halides is 3. The Kier molecular flexibility index (Phi) is 7.67. The van der Waals surface area contributed by atoms with E-state index < -0.39 is 11.7 Å². The van der Waals surface area contributed by atoms with Crippen molar-refractivity contribution in [2.24, 2.45) is 0 Å². The van der Waals surface area contributed by atoms with E-state index in [4.69, 9.17) is 14.0 Å². The number of hydrogen-bond donors (Lipinski definition) is 1. The lowest BCUT2D eigenvalue weighted by atomic mass is 10.0. The Balaban J connectivity index is 1.47. The molecule has 1 saturated heterocycles. The van der Waals surface area contributed by atoms with Crippen LogP contribution >= 0.6 is 0 Å². The van der Waals surface area contributed by atoms with Crippen LogP contribution in [0.3, 0.4) is 0 Å². The fourth-order valence-electron chi connectivity index (χ4n) is 3.85. The van der Waals surface area contributed by atoms with Gasteiger partial charge < -0.3 is 19.3 Å². The van der Waals surface area contributed by atoms with Crippen molar-refractivity contribution in [2.75, 3.05) is 32.8 Å². The Hall–Kier alpha value is -3.44. The molecule has 1 aliphatic rings. The summed E-state index contributed by atoms with van der Waals surface area (Å²) in [5, 5.41) is 6.68. The molecule has 4 rings (SSSR count). The quantitative estimate of drug-likeness (QED) is 0.514. The maximum atomic E-state index is 13.1. The maximum Gasteiger partial charge on any atom is 0.416 e. The topological polar surface area (TPSA) is 89.7 Å². The van der Waals surface area contributed by atoms with Crippen LogP contribution in [0.25, 0.3) is 0 Å². The van der Waals surface area contributed by atoms with Crippen molar-refractivity contribution in [1.82, 2.24) is 20.4 Å². The van der Waals surface area contributed by atoms with Crippen LogP contribution in [0.1, 0.15) is 39.2 Å². The van der Waals surface area contributed by atoms with E-state index in [0.29, 0.717) is 54.9 Å². The van der Waals surface area contributed by atoms with Gasteiger partial charge in [0.15, 0.2) is 6.61 Å². The second-order valence-corrected chi connectivity index (χ2v) is 8.01. The molecule has 0 aliphatic carbocycles. The van der Waals surface area contributed by atoms with Crippen molar-refractivity contribution in [1.29, 1.82) is 0 Å². The number of aromatic nitrogens is 2. The zero-order valence-electron chi connectivity index (χ0n) is 19.0. The molecule has 1 unspecified atom stereocenters. The molecule has 1 fully saturated rings. The summed E-state index contributed by atoms with van der Waals surface area (Å²) in [5.41, 5.74) is 0.284. The second kappa shape index (κ2) is 10.9. The predicted molar refractivity (Wildman–Crippen MR) is 119 cm³/mol. The first-order valence-corrected chi connectivity index (χ1v) is 11.1. The lowest BCUT2D eigenvalue weighted by Gasteiger charge is -2.35. The van der Waals surface area contributed by atoms with Crippen LogP contribution in [0.15, 0.2) is 53.1 Å². The van der Waals surface area contributed by atoms with E-state index in [1.165, 1.54) is 12.1 Å². The summed E-state index contributed by atoms with van der Waals surface area (Å²) in [6, 6.07) is 11.5. The average Bonchev–Trinajstić information content (AvgIpc) is 3.28. The van der Waals surface area contributed by atoms with Crippen molar-refractivity contribution in [3.8, 4) is 5.75 Å². The van der Waals surface area contributed by atoms with Gasteiger partial charge in [0.05, 0.1) is 30.4 Å². The largest absolute Gasteiger partial charge is 0.485 e. The van der Waals surface area contributed by atoms with Gasteiger partial charge in [0.2, 0.25) is 11.7 Å². The third kappa shape index (κ3) is 6.37. The number of hydrogen-bond acceptors (Lipinski definition) is 7. The molecule has 2 heterocycles. The van der Waals surface area contributed by atoms with Crippen LogP contribution in [-0.2, 0) is 17.5 Å². The molecule has 186 valence electrons. The summed E-state index contributed by atoms with van der Waals surface area (Å²) in [6.07, 6.45) is -4.41. The van der Waals surface area contributed by atoms with Gasteiger partial charge >= 0.3 is 6.18 Å². The Labute approximate surface area is 200 Å². The minimum absolute atomic E-state index is 0.0313. The highest BCUT2D eigenvalue weighted by atomic mass is 19.4. The first kappa shape index (κ1) is 24.7. The fourth-order valence-corrected chi connectivity index (χ4v) is 3.85. The van der Waals surface area contributed by atoms with Gasteiger partial charge in [0.1, 0.15) is 5.75 Å². The van der Waals surface area contributed by atoms with Gasteiger partial charge in [-0.2, -0.15) is 18.2 Å². The third-order valence-electron chi connectivity index (χ3n) is 5.62. The fraction of sp³-hybridized carbons (Fsp3) is 0.375. The minimum atomic E-state index is -4.41. The number of benzene rings is 2. The molecule has 0 bridgehead atoms. The van der Waals surface area contributed by atoms with Crippen LogP contribution in [0.2, 0.25) is 0 Å². The summed E-state index contributed by atoms with van der Waals surface area (Å²) >= 11 is 0. The molecular formula is C24H25F3N4O4. The number of carbonyl (C=O) groups is 1. The van der Waals surface area contributed by atoms with Gasteiger partial charge in [-0.25, -0.2) is 0 Å². The summed E-state index contributed by atoms with van der Waals surface area (Å²) < 4.78 is 55.1. The van der Waals surface area contributed by atoms with E-state index >= 15 is 0 Å². The highest BCUT2D eigenvalue weighted by molar-refractivity contribution is 5.96. The number of para-hydroxylation sites is 1. The molecule has 1 aliphatic heterocycles. The number of halogens is 3. The Morgan fingerprint density at radius 3 is 2.51 bits per heavy atom. The standard InChI is InChI=1S/C24H25F3N4O4/c1-16-29-22(30-35-16)15-34-21-5-3-2-4-19(21)23(32)28-14-20(31-10-12-33-13-11-31)17-6-8-18(9-7-17)24(25,26)27/h2-9,20H,10-15H2,1H3,(H,28,32). The highest BCUT2D eigenvalue weighted by Crippen LogP contribution is 2.31. The molecule has 0 spiro atoms. The summed E-state index contributed by atoms with van der Waals surface area (Å²) in [4.78, 5) is 19.2. The number of rotatable bonds is 8. The van der Waals surface area contributed by atoms with E-state index in [1.54, 1.807) is 31.2 Å². The molecule has 8 nitrogen and oxygen atoms in total. The van der Waals surface area contributed by atoms with Crippen molar-refractivity contribution in [3.63, 3.8) is 0 Å². The number of aryl methyl sites for hydroxylation is 1. The average molecular weight is 490 g/mol. The van der Waals surface area contributed by atoms with E-state index in [-0.39, 0.29) is 25.1 Å². The van der Waals surface area contributed by atoms with Gasteiger partial charge in [-0.1, -0.05) is 29.4 Å². The molecule has 2 aromatic carbocycles. The van der Waals surface area contributed by atoms with E-state index in [1.807, 2.05) is 0 Å². The molecule has 11 heteroatoms. The van der Waals surface area contributed by atoms with Crippen molar-refractivity contribution in [3.05, 3.63) is 76.9 Å². The molecule has 0 saturated carbocycles. The first-order chi connectivity index (χ1) is 16.8. The molecular weight excluding hydrogens is 465 g/mol. The van der Waals surface area contributed by atoms with Gasteiger partial charge in [-0.15, -0.1) is 0 Å². The number of amides is 1. The predicted octanol–water partition coefficient (Wildman–Crippen LogP) is 3.78. The summed E-state index contributed by atoms with van der Waals surface area (Å²) in [6.45, 7) is 4.12. The molecule has 1 amide bonds. The van der Waals surface area contributed by atoms with E-state index in [2.05, 4.69) is 20.4 Å². The second-order valence-electron chi connectivity index (χ2n) is 8.01. The molecule has 1 N–H and O–H groups in total. The molecule has 1 atom stereocenters. The zero-order valence-corrected chi connectivity index (χ0v) is 19.0. The summed E-state index contributed by atoms with van der Waals surface area (Å²) in [7, 11) is 0. The number of morpholine rings is 1. The van der Waals surface area contributed by atoms with Crippen molar-refractivity contribution >= 4 is 5.91 Å². The van der Waals surface area contributed by atoms with Crippen molar-refractivity contribution in [2.45, 2.75) is 25.7 Å². The number of nitrogens with zero attached hydrogens (tertiary/aromatic N) is 3. The first-order valence-electron chi connectivity index (χ1n) is 11.1. The summed E-state index contributed by atoms with van der Waals surface area (Å²) in [5.74, 6) is 0.749. The zero-order chi connectivity index (χ0) is 24.8. The maximum absolute atomic E-state index is 13.1. The lowest BCUT2D eigenvalue weighted by Crippen LogP contribution is -2.43. The highest BCUT2D eigenvalue weighted by Gasteiger charge is 2.31. The van der Waals surface area contributed by atoms with Crippen LogP contribution in [0.5, 0.6) is 5.75 Å². The van der Waals surface area contributed by atoms with Gasteiger partial charge in [0, 0.05) is 26.6 Å². The number of ether oxygens (including phenoxy) is 2. The normalized spacial score (nSPS) is 15.5. The van der Waals surface area contributed by atoms with Crippen molar-refractivity contribution < 1.29 is 32.0 Å². The molecule has 35 heavy (non-hydrogen) atoms. The van der Waals surface area contributed by atoms with Crippen LogP contribution in [0, 0.1) is 6.92 Å². The van der Waals surface area contributed by atoms with Gasteiger partial charge in [-0.3, -0.25) is 9.69 Å². The molecule has 0 radical (unpaired) electrons. The molecule has 3 aromatic rings. The van der Waals surface area contributed by atoms with E-state index in [0.717, 1.165) is 12.1 Å². The molecule has 1 aromatic heterocycles. The third-order valence-corrected chi connectivity index (χ3v) is 5.62. The smallest absolute Gasteiger partial charge is 0.416 e. The Morgan fingerprint density at radius 1 is 1.14 bits per heavy atom. The van der Waals surface area contributed by atoms with Crippen LogP contribution in [-0.4, -0.2) is 53.8 Å². The monoisotopic (exact) mass is 490 g/mol. The number of carbonyl (C=O) groups excluding carboxylic acids is 1. The minimum Gasteiger partial charge on any atom is -0.485 e. The number of nitrogens with one attached hydrogen (secondary N) is 1. The van der Waals surface area contributed by atoms with Crippen LogP contribution in [0.4, 0.5) is 13.2 Å².